The van der Waals surface area contributed by atoms with Crippen molar-refractivity contribution in [1.29, 1.82) is 0 Å². The predicted molar refractivity (Wildman–Crippen MR) is 110 cm³/mol. The van der Waals surface area contributed by atoms with Crippen LogP contribution in [-0.2, 0) is 11.3 Å². The monoisotopic (exact) mass is 395 g/mol. The number of carbonyl (C=O) groups excluding carboxylic acids is 1. The van der Waals surface area contributed by atoms with Gasteiger partial charge in [0, 0.05) is 16.3 Å². The van der Waals surface area contributed by atoms with Crippen LogP contribution in [0.15, 0.2) is 72.8 Å². The molecule has 0 saturated carbocycles. The molecule has 134 valence electrons. The average molecular weight is 396 g/mol. The van der Waals surface area contributed by atoms with E-state index in [1.807, 2.05) is 53.1 Å². The molecule has 0 spiro atoms. The maximum Gasteiger partial charge on any atom is 0.244 e. The quantitative estimate of drug-likeness (QED) is 0.485. The molecule has 0 fully saturated rings. The van der Waals surface area contributed by atoms with E-state index in [-0.39, 0.29) is 12.5 Å². The largest absolute Gasteiger partial charge is 0.325 e. The molecule has 3 aromatic carbocycles. The number of aromatic nitrogens is 2. The van der Waals surface area contributed by atoms with Gasteiger partial charge in [-0.15, -0.1) is 0 Å². The molecule has 0 atom stereocenters. The second kappa shape index (κ2) is 7.43. The number of rotatable bonds is 4. The van der Waals surface area contributed by atoms with Crippen molar-refractivity contribution in [1.82, 2.24) is 9.55 Å². The van der Waals surface area contributed by atoms with Crippen LogP contribution in [0.4, 0.5) is 5.69 Å². The zero-order valence-corrected chi connectivity index (χ0v) is 15.7. The van der Waals surface area contributed by atoms with Crippen molar-refractivity contribution in [2.24, 2.45) is 0 Å². The maximum absolute atomic E-state index is 12.7. The van der Waals surface area contributed by atoms with Gasteiger partial charge in [0.15, 0.2) is 0 Å². The lowest BCUT2D eigenvalue weighted by atomic mass is 10.2. The third-order valence-electron chi connectivity index (χ3n) is 4.20. The van der Waals surface area contributed by atoms with Crippen molar-refractivity contribution in [3.8, 4) is 11.4 Å². The van der Waals surface area contributed by atoms with Crippen LogP contribution in [0, 0.1) is 0 Å². The van der Waals surface area contributed by atoms with Crippen LogP contribution in [0.2, 0.25) is 10.0 Å². The van der Waals surface area contributed by atoms with E-state index in [2.05, 4.69) is 5.32 Å². The number of anilines is 1. The molecular formula is C21H15Cl2N3O. The van der Waals surface area contributed by atoms with Crippen LogP contribution >= 0.6 is 23.2 Å². The normalized spacial score (nSPS) is 10.9. The summed E-state index contributed by atoms with van der Waals surface area (Å²) in [4.78, 5) is 17.3. The van der Waals surface area contributed by atoms with E-state index >= 15 is 0 Å². The second-order valence-corrected chi connectivity index (χ2v) is 6.89. The summed E-state index contributed by atoms with van der Waals surface area (Å²) in [5.41, 5.74) is 3.16. The number of halogens is 2. The molecule has 1 aromatic heterocycles. The van der Waals surface area contributed by atoms with Crippen LogP contribution < -0.4 is 5.32 Å². The van der Waals surface area contributed by atoms with Gasteiger partial charge in [-0.25, -0.2) is 4.98 Å². The van der Waals surface area contributed by atoms with Crippen molar-refractivity contribution < 1.29 is 4.79 Å². The van der Waals surface area contributed by atoms with Crippen LogP contribution in [0.5, 0.6) is 0 Å². The Morgan fingerprint density at radius 1 is 0.926 bits per heavy atom. The topological polar surface area (TPSA) is 46.9 Å². The molecule has 1 N–H and O–H groups in total. The second-order valence-electron chi connectivity index (χ2n) is 6.05. The average Bonchev–Trinajstić information content (AvgIpc) is 3.02. The van der Waals surface area contributed by atoms with Crippen LogP contribution in [0.25, 0.3) is 22.4 Å². The molecule has 27 heavy (non-hydrogen) atoms. The molecule has 4 nitrogen and oxygen atoms in total. The number of carbonyl (C=O) groups is 1. The predicted octanol–water partition coefficient (Wildman–Crippen LogP) is 5.65. The molecule has 0 aliphatic rings. The van der Waals surface area contributed by atoms with Gasteiger partial charge in [-0.1, -0.05) is 47.5 Å². The molecule has 0 aliphatic carbocycles. The summed E-state index contributed by atoms with van der Waals surface area (Å²) in [7, 11) is 0. The van der Waals surface area contributed by atoms with E-state index in [4.69, 9.17) is 28.2 Å². The maximum atomic E-state index is 12.7. The Labute approximate surface area is 166 Å². The van der Waals surface area contributed by atoms with Crippen molar-refractivity contribution >= 4 is 45.8 Å². The highest BCUT2D eigenvalue weighted by Crippen LogP contribution is 2.30. The number of benzene rings is 3. The fourth-order valence-corrected chi connectivity index (χ4v) is 3.31. The van der Waals surface area contributed by atoms with E-state index in [1.54, 1.807) is 24.3 Å². The lowest BCUT2D eigenvalue weighted by Crippen LogP contribution is -2.19. The number of fused-ring (bicyclic) bond motifs is 1. The van der Waals surface area contributed by atoms with E-state index in [0.717, 1.165) is 16.6 Å². The fraction of sp³-hybridized carbons (Fsp3) is 0.0476. The SMILES string of the molecule is O=C(Cn1c(-c2ccccc2Cl)nc2ccccc21)Nc1ccc(Cl)cc1. The molecule has 0 radical (unpaired) electrons. The Bertz CT molecular complexity index is 1120. The lowest BCUT2D eigenvalue weighted by molar-refractivity contribution is -0.116. The minimum Gasteiger partial charge on any atom is -0.325 e. The Balaban J connectivity index is 1.72. The van der Waals surface area contributed by atoms with Crippen molar-refractivity contribution in [3.63, 3.8) is 0 Å². The van der Waals surface area contributed by atoms with Gasteiger partial charge in [-0.05, 0) is 48.5 Å². The minimum atomic E-state index is -0.159. The van der Waals surface area contributed by atoms with E-state index < -0.39 is 0 Å². The van der Waals surface area contributed by atoms with Gasteiger partial charge >= 0.3 is 0 Å². The number of amides is 1. The van der Waals surface area contributed by atoms with Crippen LogP contribution in [-0.4, -0.2) is 15.5 Å². The van der Waals surface area contributed by atoms with Gasteiger partial charge in [0.2, 0.25) is 5.91 Å². The number of imidazole rings is 1. The molecule has 0 unspecified atom stereocenters. The zero-order chi connectivity index (χ0) is 18.8. The fourth-order valence-electron chi connectivity index (χ4n) is 2.96. The van der Waals surface area contributed by atoms with Gasteiger partial charge in [0.25, 0.3) is 0 Å². The van der Waals surface area contributed by atoms with Gasteiger partial charge in [-0.2, -0.15) is 0 Å². The highest BCUT2D eigenvalue weighted by molar-refractivity contribution is 6.33. The molecule has 1 heterocycles. The van der Waals surface area contributed by atoms with Gasteiger partial charge in [-0.3, -0.25) is 4.79 Å². The first-order chi connectivity index (χ1) is 13.1. The van der Waals surface area contributed by atoms with E-state index in [9.17, 15) is 4.79 Å². The number of nitrogens with one attached hydrogen (secondary N) is 1. The van der Waals surface area contributed by atoms with Crippen LogP contribution in [0.3, 0.4) is 0 Å². The number of hydrogen-bond acceptors (Lipinski definition) is 2. The van der Waals surface area contributed by atoms with Gasteiger partial charge in [0.1, 0.15) is 12.4 Å². The third kappa shape index (κ3) is 3.68. The molecule has 0 saturated heterocycles. The lowest BCUT2D eigenvalue weighted by Gasteiger charge is -2.11. The summed E-state index contributed by atoms with van der Waals surface area (Å²) in [6.45, 7) is 0.115. The summed E-state index contributed by atoms with van der Waals surface area (Å²) in [6.07, 6.45) is 0. The molecule has 4 rings (SSSR count). The smallest absolute Gasteiger partial charge is 0.244 e. The highest BCUT2D eigenvalue weighted by atomic mass is 35.5. The number of hydrogen-bond donors (Lipinski definition) is 1. The summed E-state index contributed by atoms with van der Waals surface area (Å²) >= 11 is 12.3. The Kier molecular flexibility index (Phi) is 4.84. The zero-order valence-electron chi connectivity index (χ0n) is 14.2. The van der Waals surface area contributed by atoms with Gasteiger partial charge in [0.05, 0.1) is 16.1 Å². The van der Waals surface area contributed by atoms with E-state index in [1.165, 1.54) is 0 Å². The molecule has 0 bridgehead atoms. The molecular weight excluding hydrogens is 381 g/mol. The highest BCUT2D eigenvalue weighted by Gasteiger charge is 2.17. The Hall–Kier alpha value is -2.82. The summed E-state index contributed by atoms with van der Waals surface area (Å²) < 4.78 is 1.88. The Morgan fingerprint density at radius 2 is 1.63 bits per heavy atom. The summed E-state index contributed by atoms with van der Waals surface area (Å²) in [6, 6.07) is 22.2. The number of para-hydroxylation sites is 2. The van der Waals surface area contributed by atoms with Crippen molar-refractivity contribution in [2.75, 3.05) is 5.32 Å². The first-order valence-electron chi connectivity index (χ1n) is 8.37. The minimum absolute atomic E-state index is 0.115. The summed E-state index contributed by atoms with van der Waals surface area (Å²) in [5, 5.41) is 4.10. The molecule has 4 aromatic rings. The molecule has 0 aliphatic heterocycles. The van der Waals surface area contributed by atoms with E-state index in [0.29, 0.717) is 21.6 Å². The standard InChI is InChI=1S/C21H15Cl2N3O/c22-14-9-11-15(12-10-14)24-20(27)13-26-19-8-4-3-7-18(19)25-21(26)16-5-1-2-6-17(16)23/h1-12H,13H2,(H,24,27). The molecule has 1 amide bonds. The summed E-state index contributed by atoms with van der Waals surface area (Å²) in [5.74, 6) is 0.502. The van der Waals surface area contributed by atoms with Gasteiger partial charge < -0.3 is 9.88 Å². The van der Waals surface area contributed by atoms with Crippen molar-refractivity contribution in [2.45, 2.75) is 6.54 Å². The van der Waals surface area contributed by atoms with Crippen molar-refractivity contribution in [3.05, 3.63) is 82.8 Å². The Morgan fingerprint density at radius 3 is 2.41 bits per heavy atom. The van der Waals surface area contributed by atoms with Crippen LogP contribution in [0.1, 0.15) is 0 Å². The molecule has 6 heteroatoms. The first-order valence-corrected chi connectivity index (χ1v) is 9.13. The number of nitrogens with zero attached hydrogens (tertiary/aromatic N) is 2. The first kappa shape index (κ1) is 17.6. The third-order valence-corrected chi connectivity index (χ3v) is 4.78.